The average molecular weight is 469 g/mol. The summed E-state index contributed by atoms with van der Waals surface area (Å²) in [6.45, 7) is 3.98. The molecule has 176 valence electrons. The second kappa shape index (κ2) is 11.2. The quantitative estimate of drug-likeness (QED) is 0.462. The number of hydrogen-bond donors (Lipinski definition) is 2. The van der Waals surface area contributed by atoms with Crippen LogP contribution in [0.15, 0.2) is 47.3 Å². The molecule has 7 nitrogen and oxygen atoms in total. The fourth-order valence-corrected chi connectivity index (χ4v) is 3.89. The Bertz CT molecular complexity index is 1180. The number of hydrogen-bond acceptors (Lipinski definition) is 5. The van der Waals surface area contributed by atoms with Crippen LogP contribution >= 0.6 is 12.2 Å². The van der Waals surface area contributed by atoms with Crippen LogP contribution in [-0.4, -0.2) is 61.3 Å². The first-order valence-corrected chi connectivity index (χ1v) is 11.3. The van der Waals surface area contributed by atoms with Crippen molar-refractivity contribution in [2.75, 3.05) is 46.7 Å². The molecule has 2 N–H and O–H groups in total. The van der Waals surface area contributed by atoms with Gasteiger partial charge in [-0.05, 0) is 56.5 Å². The molecule has 0 unspecified atom stereocenters. The van der Waals surface area contributed by atoms with Gasteiger partial charge in [0.1, 0.15) is 0 Å². The Balaban J connectivity index is 1.92. The van der Waals surface area contributed by atoms with Crippen molar-refractivity contribution in [2.45, 2.75) is 19.9 Å². The van der Waals surface area contributed by atoms with Gasteiger partial charge in [-0.1, -0.05) is 25.1 Å². The van der Waals surface area contributed by atoms with Gasteiger partial charge in [-0.2, -0.15) is 0 Å². The molecule has 0 atom stereocenters. The maximum Gasteiger partial charge on any atom is 0.253 e. The Morgan fingerprint density at radius 2 is 1.73 bits per heavy atom. The third kappa shape index (κ3) is 6.03. The normalized spacial score (nSPS) is 11.0. The summed E-state index contributed by atoms with van der Waals surface area (Å²) in [4.78, 5) is 20.0. The van der Waals surface area contributed by atoms with Gasteiger partial charge in [-0.25, -0.2) is 0 Å². The number of fused-ring (bicyclic) bond motifs is 1. The van der Waals surface area contributed by atoms with Crippen molar-refractivity contribution >= 4 is 33.9 Å². The van der Waals surface area contributed by atoms with Gasteiger partial charge in [-0.3, -0.25) is 4.79 Å². The van der Waals surface area contributed by atoms with Crippen molar-refractivity contribution in [1.82, 2.24) is 14.8 Å². The summed E-state index contributed by atoms with van der Waals surface area (Å²) in [5.74, 6) is 1.18. The largest absolute Gasteiger partial charge is 0.493 e. The number of pyridine rings is 1. The van der Waals surface area contributed by atoms with Crippen molar-refractivity contribution < 1.29 is 9.47 Å². The number of anilines is 1. The van der Waals surface area contributed by atoms with Gasteiger partial charge in [0.25, 0.3) is 5.56 Å². The van der Waals surface area contributed by atoms with Gasteiger partial charge < -0.3 is 29.6 Å². The third-order valence-corrected chi connectivity index (χ3v) is 5.89. The minimum absolute atomic E-state index is 0.152. The smallest absolute Gasteiger partial charge is 0.253 e. The molecule has 0 amide bonds. The lowest BCUT2D eigenvalue weighted by Crippen LogP contribution is -2.40. The standard InChI is InChI=1S/C25H32N4O3S/c1-6-17-9-7-8-10-20(17)27-25(33)29(12-11-28(2)3)16-19-13-18-14-22(31-4)23(32-5)15-21(18)26-24(19)30/h7-10,13-15H,6,11-12,16H2,1-5H3,(H,26,30)(H,27,33). The van der Waals surface area contributed by atoms with Gasteiger partial charge in [0.15, 0.2) is 16.6 Å². The van der Waals surface area contributed by atoms with Crippen molar-refractivity contribution in [3.05, 3.63) is 63.9 Å². The molecule has 3 rings (SSSR count). The van der Waals surface area contributed by atoms with Crippen molar-refractivity contribution in [2.24, 2.45) is 0 Å². The number of aryl methyl sites for hydroxylation is 1. The number of aromatic amines is 1. The van der Waals surface area contributed by atoms with E-state index in [1.165, 1.54) is 5.56 Å². The molecule has 0 bridgehead atoms. The Morgan fingerprint density at radius 3 is 2.39 bits per heavy atom. The van der Waals surface area contributed by atoms with E-state index in [0.717, 1.165) is 24.0 Å². The van der Waals surface area contributed by atoms with Crippen molar-refractivity contribution in [1.29, 1.82) is 0 Å². The molecule has 2 aromatic carbocycles. The zero-order valence-corrected chi connectivity index (χ0v) is 20.7. The number of para-hydroxylation sites is 1. The van der Waals surface area contributed by atoms with Crippen LogP contribution in [0.2, 0.25) is 0 Å². The van der Waals surface area contributed by atoms with Gasteiger partial charge in [0.05, 0.1) is 26.3 Å². The Morgan fingerprint density at radius 1 is 1.03 bits per heavy atom. The highest BCUT2D eigenvalue weighted by Gasteiger charge is 2.16. The molecule has 0 aliphatic rings. The second-order valence-electron chi connectivity index (χ2n) is 8.08. The van der Waals surface area contributed by atoms with Gasteiger partial charge >= 0.3 is 0 Å². The average Bonchev–Trinajstić information content (AvgIpc) is 2.81. The lowest BCUT2D eigenvalue weighted by atomic mass is 10.1. The van der Waals surface area contributed by atoms with Gasteiger partial charge in [-0.15, -0.1) is 0 Å². The van der Waals surface area contributed by atoms with E-state index in [1.807, 2.05) is 49.3 Å². The van der Waals surface area contributed by atoms with Crippen LogP contribution in [0, 0.1) is 0 Å². The first-order chi connectivity index (χ1) is 15.9. The lowest BCUT2D eigenvalue weighted by Gasteiger charge is -2.28. The predicted molar refractivity (Wildman–Crippen MR) is 139 cm³/mol. The van der Waals surface area contributed by atoms with Gasteiger partial charge in [0.2, 0.25) is 0 Å². The number of nitrogens with one attached hydrogen (secondary N) is 2. The molecular weight excluding hydrogens is 436 g/mol. The zero-order chi connectivity index (χ0) is 24.0. The van der Waals surface area contributed by atoms with E-state index in [9.17, 15) is 4.79 Å². The molecule has 33 heavy (non-hydrogen) atoms. The number of thiocarbonyl (C=S) groups is 1. The van der Waals surface area contributed by atoms with Crippen LogP contribution in [-0.2, 0) is 13.0 Å². The maximum atomic E-state index is 12.9. The van der Waals surface area contributed by atoms with Crippen LogP contribution in [0.1, 0.15) is 18.1 Å². The summed E-state index contributed by atoms with van der Waals surface area (Å²) in [5, 5.41) is 4.84. The van der Waals surface area contributed by atoms with Crippen LogP contribution in [0.5, 0.6) is 11.5 Å². The first-order valence-electron chi connectivity index (χ1n) is 10.9. The highest BCUT2D eigenvalue weighted by Crippen LogP contribution is 2.31. The number of nitrogens with zero attached hydrogens (tertiary/aromatic N) is 2. The van der Waals surface area contributed by atoms with Crippen LogP contribution < -0.4 is 20.3 Å². The van der Waals surface area contributed by atoms with E-state index in [2.05, 4.69) is 28.2 Å². The van der Waals surface area contributed by atoms with E-state index in [-0.39, 0.29) is 5.56 Å². The molecule has 0 saturated carbocycles. The Kier molecular flexibility index (Phi) is 8.30. The minimum Gasteiger partial charge on any atom is -0.493 e. The monoisotopic (exact) mass is 468 g/mol. The summed E-state index contributed by atoms with van der Waals surface area (Å²) in [5.41, 5.74) is 3.35. The highest BCUT2D eigenvalue weighted by atomic mass is 32.1. The molecule has 0 aliphatic heterocycles. The molecule has 1 aromatic heterocycles. The highest BCUT2D eigenvalue weighted by molar-refractivity contribution is 7.80. The summed E-state index contributed by atoms with van der Waals surface area (Å²) >= 11 is 5.78. The topological polar surface area (TPSA) is 69.8 Å². The van der Waals surface area contributed by atoms with E-state index < -0.39 is 0 Å². The third-order valence-electron chi connectivity index (χ3n) is 5.53. The molecule has 0 fully saturated rings. The van der Waals surface area contributed by atoms with E-state index in [1.54, 1.807) is 20.3 Å². The Labute approximate surface area is 200 Å². The van der Waals surface area contributed by atoms with E-state index >= 15 is 0 Å². The summed E-state index contributed by atoms with van der Waals surface area (Å²) < 4.78 is 10.8. The van der Waals surface area contributed by atoms with Crippen LogP contribution in [0.4, 0.5) is 5.69 Å². The lowest BCUT2D eigenvalue weighted by molar-refractivity contribution is 0.327. The minimum atomic E-state index is -0.152. The zero-order valence-electron chi connectivity index (χ0n) is 19.9. The number of likely N-dealkylation sites (N-methyl/N-ethyl adjacent to an activating group) is 1. The molecule has 0 spiro atoms. The SMILES string of the molecule is CCc1ccccc1NC(=S)N(CCN(C)C)Cc1cc2cc(OC)c(OC)cc2[nH]c1=O. The number of benzene rings is 2. The first kappa shape index (κ1) is 24.5. The predicted octanol–water partition coefficient (Wildman–Crippen LogP) is 3.87. The van der Waals surface area contributed by atoms with Crippen LogP contribution in [0.3, 0.4) is 0 Å². The number of ether oxygens (including phenoxy) is 2. The maximum absolute atomic E-state index is 12.9. The molecular formula is C25H32N4O3S. The van der Waals surface area contributed by atoms with Crippen molar-refractivity contribution in [3.63, 3.8) is 0 Å². The number of rotatable bonds is 9. The van der Waals surface area contributed by atoms with Crippen molar-refractivity contribution in [3.8, 4) is 11.5 Å². The summed E-state index contributed by atoms with van der Waals surface area (Å²) in [7, 11) is 7.20. The van der Waals surface area contributed by atoms with Crippen LogP contribution in [0.25, 0.3) is 10.9 Å². The number of aromatic nitrogens is 1. The second-order valence-corrected chi connectivity index (χ2v) is 8.47. The summed E-state index contributed by atoms with van der Waals surface area (Å²) in [6.07, 6.45) is 0.902. The molecule has 1 heterocycles. The fourth-order valence-electron chi connectivity index (χ4n) is 3.62. The van der Waals surface area contributed by atoms with E-state index in [4.69, 9.17) is 21.7 Å². The molecule has 0 saturated heterocycles. The molecule has 8 heteroatoms. The molecule has 0 aliphatic carbocycles. The number of H-pyrrole nitrogens is 1. The summed E-state index contributed by atoms with van der Waals surface area (Å²) in [6, 6.07) is 13.7. The Hall–Kier alpha value is -3.10. The van der Waals surface area contributed by atoms with E-state index in [0.29, 0.717) is 40.8 Å². The molecule has 3 aromatic rings. The molecule has 0 radical (unpaired) electrons. The fraction of sp³-hybridized carbons (Fsp3) is 0.360. The number of methoxy groups -OCH3 is 2. The van der Waals surface area contributed by atoms with Gasteiger partial charge in [0, 0.05) is 35.8 Å².